The lowest BCUT2D eigenvalue weighted by molar-refractivity contribution is 0.581. The molecule has 0 aromatic carbocycles. The first-order chi connectivity index (χ1) is 3.68. The van der Waals surface area contributed by atoms with E-state index in [0.717, 1.165) is 12.6 Å². The van der Waals surface area contributed by atoms with Gasteiger partial charge in [-0.15, -0.1) is 0 Å². The van der Waals surface area contributed by atoms with E-state index in [-0.39, 0.29) is 0 Å². The van der Waals surface area contributed by atoms with Crippen LogP contribution in [0, 0.1) is 0 Å². The highest BCUT2D eigenvalue weighted by Crippen LogP contribution is 2.27. The molecule has 0 spiro atoms. The van der Waals surface area contributed by atoms with E-state index in [1.54, 1.807) is 0 Å². The standard InChI is InChI=1S/C6H14OP/c1-4-5-8(7)6(2)3/h6H,4-5H2,1-3H3/q+1. The van der Waals surface area contributed by atoms with E-state index < -0.39 is 7.80 Å². The Kier molecular flexibility index (Phi) is 4.08. The van der Waals surface area contributed by atoms with Gasteiger partial charge in [-0.05, 0) is 20.3 Å². The van der Waals surface area contributed by atoms with Gasteiger partial charge in [0.2, 0.25) is 0 Å². The highest BCUT2D eigenvalue weighted by molar-refractivity contribution is 7.45. The van der Waals surface area contributed by atoms with E-state index >= 15 is 0 Å². The molecule has 0 amide bonds. The summed E-state index contributed by atoms with van der Waals surface area (Å²) < 4.78 is 10.9. The zero-order valence-corrected chi connectivity index (χ0v) is 6.74. The fourth-order valence-corrected chi connectivity index (χ4v) is 1.44. The van der Waals surface area contributed by atoms with Gasteiger partial charge in [0.25, 0.3) is 0 Å². The third-order valence-corrected chi connectivity index (χ3v) is 3.06. The van der Waals surface area contributed by atoms with E-state index in [1.165, 1.54) is 0 Å². The second kappa shape index (κ2) is 4.03. The lowest BCUT2D eigenvalue weighted by atomic mass is 10.6. The Balaban J connectivity index is 3.33. The second-order valence-electron chi connectivity index (χ2n) is 2.23. The largest absolute Gasteiger partial charge is 0.341 e. The second-order valence-corrected chi connectivity index (χ2v) is 4.55. The van der Waals surface area contributed by atoms with Gasteiger partial charge in [0.05, 0.1) is 0 Å². The van der Waals surface area contributed by atoms with Crippen molar-refractivity contribution in [2.45, 2.75) is 32.9 Å². The number of hydrogen-bond donors (Lipinski definition) is 0. The summed E-state index contributed by atoms with van der Waals surface area (Å²) in [4.78, 5) is 0. The third kappa shape index (κ3) is 3.15. The van der Waals surface area contributed by atoms with E-state index in [2.05, 4.69) is 6.92 Å². The van der Waals surface area contributed by atoms with Crippen molar-refractivity contribution in [3.63, 3.8) is 0 Å². The highest BCUT2D eigenvalue weighted by Gasteiger charge is 2.17. The summed E-state index contributed by atoms with van der Waals surface area (Å²) in [5.41, 5.74) is 0.380. The van der Waals surface area contributed by atoms with Crippen molar-refractivity contribution in [3.05, 3.63) is 0 Å². The zero-order valence-electron chi connectivity index (χ0n) is 5.85. The van der Waals surface area contributed by atoms with Gasteiger partial charge in [-0.3, -0.25) is 0 Å². The molecule has 0 aliphatic rings. The van der Waals surface area contributed by atoms with Crippen LogP contribution in [-0.4, -0.2) is 11.8 Å². The summed E-state index contributed by atoms with van der Waals surface area (Å²) in [5, 5.41) is 0. The molecular weight excluding hydrogens is 119 g/mol. The predicted molar refractivity (Wildman–Crippen MR) is 37.9 cm³/mol. The van der Waals surface area contributed by atoms with Crippen LogP contribution in [0.4, 0.5) is 0 Å². The molecular formula is C6H14OP+. The topological polar surface area (TPSA) is 17.1 Å². The van der Waals surface area contributed by atoms with Crippen LogP contribution in [0.1, 0.15) is 27.2 Å². The van der Waals surface area contributed by atoms with Crippen molar-refractivity contribution in [1.82, 2.24) is 0 Å². The summed E-state index contributed by atoms with van der Waals surface area (Å²) in [7, 11) is -0.890. The van der Waals surface area contributed by atoms with Gasteiger partial charge in [0.15, 0.2) is 0 Å². The quantitative estimate of drug-likeness (QED) is 0.541. The molecule has 1 atom stereocenters. The molecule has 0 aromatic rings. The molecule has 0 fully saturated rings. The average molecular weight is 133 g/mol. The minimum absolute atomic E-state index is 0.380. The zero-order chi connectivity index (χ0) is 6.57. The maximum atomic E-state index is 10.9. The van der Waals surface area contributed by atoms with Crippen LogP contribution < -0.4 is 0 Å². The maximum absolute atomic E-state index is 10.9. The molecule has 0 heterocycles. The van der Waals surface area contributed by atoms with Crippen LogP contribution in [-0.2, 0) is 4.57 Å². The summed E-state index contributed by atoms with van der Waals surface area (Å²) in [6.45, 7) is 6.08. The molecule has 0 aliphatic carbocycles. The monoisotopic (exact) mass is 133 g/mol. The smallest absolute Gasteiger partial charge is 0.0745 e. The van der Waals surface area contributed by atoms with Gasteiger partial charge in [0.1, 0.15) is 11.8 Å². The molecule has 48 valence electrons. The van der Waals surface area contributed by atoms with E-state index in [9.17, 15) is 4.57 Å². The molecule has 8 heavy (non-hydrogen) atoms. The van der Waals surface area contributed by atoms with Crippen molar-refractivity contribution < 1.29 is 4.57 Å². The highest BCUT2D eigenvalue weighted by atomic mass is 31.1. The Hall–Kier alpha value is 0.100. The van der Waals surface area contributed by atoms with E-state index in [0.29, 0.717) is 5.66 Å². The molecule has 0 saturated heterocycles. The number of rotatable bonds is 3. The summed E-state index contributed by atoms with van der Waals surface area (Å²) in [6.07, 6.45) is 1.94. The van der Waals surface area contributed by atoms with Crippen molar-refractivity contribution in [2.75, 3.05) is 6.16 Å². The number of hydrogen-bond acceptors (Lipinski definition) is 1. The molecule has 0 radical (unpaired) electrons. The third-order valence-electron chi connectivity index (χ3n) is 1.02. The molecule has 0 N–H and O–H groups in total. The van der Waals surface area contributed by atoms with Gasteiger partial charge < -0.3 is 0 Å². The Morgan fingerprint density at radius 2 is 2.00 bits per heavy atom. The summed E-state index contributed by atoms with van der Waals surface area (Å²) >= 11 is 0. The van der Waals surface area contributed by atoms with Crippen molar-refractivity contribution in [1.29, 1.82) is 0 Å². The Morgan fingerprint density at radius 3 is 2.12 bits per heavy atom. The van der Waals surface area contributed by atoms with Crippen LogP contribution in [0.3, 0.4) is 0 Å². The van der Waals surface area contributed by atoms with Crippen LogP contribution in [0.2, 0.25) is 0 Å². The first kappa shape index (κ1) is 8.10. The average Bonchev–Trinajstić information content (AvgIpc) is 1.67. The van der Waals surface area contributed by atoms with Gasteiger partial charge in [-0.2, -0.15) is 0 Å². The molecule has 1 unspecified atom stereocenters. The molecule has 0 saturated carbocycles. The van der Waals surface area contributed by atoms with Gasteiger partial charge in [-0.25, -0.2) is 0 Å². The molecule has 2 heteroatoms. The van der Waals surface area contributed by atoms with Crippen molar-refractivity contribution >= 4 is 7.80 Å². The first-order valence-electron chi connectivity index (χ1n) is 3.12. The normalized spacial score (nSPS) is 12.2. The predicted octanol–water partition coefficient (Wildman–Crippen LogP) is 2.63. The van der Waals surface area contributed by atoms with Crippen LogP contribution in [0.25, 0.3) is 0 Å². The molecule has 0 aliphatic heterocycles. The van der Waals surface area contributed by atoms with E-state index in [1.807, 2.05) is 13.8 Å². The van der Waals surface area contributed by atoms with E-state index in [4.69, 9.17) is 0 Å². The summed E-state index contributed by atoms with van der Waals surface area (Å²) in [5.74, 6) is 0. The van der Waals surface area contributed by atoms with Crippen LogP contribution in [0.15, 0.2) is 0 Å². The molecule has 0 aromatic heterocycles. The lowest BCUT2D eigenvalue weighted by Crippen LogP contribution is -1.87. The van der Waals surface area contributed by atoms with Crippen molar-refractivity contribution in [3.8, 4) is 0 Å². The first-order valence-corrected chi connectivity index (χ1v) is 4.63. The lowest BCUT2D eigenvalue weighted by Gasteiger charge is -1.85. The SMILES string of the molecule is CCC[P+](=O)C(C)C. The molecule has 1 nitrogen and oxygen atoms in total. The minimum Gasteiger partial charge on any atom is -0.0745 e. The van der Waals surface area contributed by atoms with Crippen LogP contribution in [0.5, 0.6) is 0 Å². The molecule has 0 rings (SSSR count). The van der Waals surface area contributed by atoms with Gasteiger partial charge in [0, 0.05) is 0 Å². The fourth-order valence-electron chi connectivity index (χ4n) is 0.479. The van der Waals surface area contributed by atoms with Gasteiger partial charge in [-0.1, -0.05) is 11.5 Å². The minimum atomic E-state index is -0.890. The maximum Gasteiger partial charge on any atom is 0.341 e. The summed E-state index contributed by atoms with van der Waals surface area (Å²) in [6, 6.07) is 0. The van der Waals surface area contributed by atoms with Crippen molar-refractivity contribution in [2.24, 2.45) is 0 Å². The Bertz CT molecular complexity index is 78.6. The Morgan fingerprint density at radius 1 is 1.50 bits per heavy atom. The fraction of sp³-hybridized carbons (Fsp3) is 1.00. The van der Waals surface area contributed by atoms with Gasteiger partial charge >= 0.3 is 7.80 Å². The molecule has 0 bridgehead atoms. The Labute approximate surface area is 52.3 Å². The van der Waals surface area contributed by atoms with Crippen LogP contribution >= 0.6 is 7.80 Å².